The van der Waals surface area contributed by atoms with Crippen LogP contribution < -0.4 is 10.1 Å². The van der Waals surface area contributed by atoms with Crippen molar-refractivity contribution >= 4 is 55.0 Å². The van der Waals surface area contributed by atoms with Crippen LogP contribution in [0.3, 0.4) is 0 Å². The summed E-state index contributed by atoms with van der Waals surface area (Å²) in [5.41, 5.74) is 3.66. The molecule has 0 radical (unpaired) electrons. The highest BCUT2D eigenvalue weighted by Crippen LogP contribution is 2.35. The van der Waals surface area contributed by atoms with Crippen molar-refractivity contribution < 1.29 is 4.74 Å². The molecule has 0 aliphatic rings. The lowest BCUT2D eigenvalue weighted by atomic mass is 10.3. The zero-order valence-corrected chi connectivity index (χ0v) is 14.1. The summed E-state index contributed by atoms with van der Waals surface area (Å²) >= 11 is 7.65. The Morgan fingerprint density at radius 3 is 2.91 bits per heavy atom. The Labute approximate surface area is 141 Å². The molecule has 1 N–H and O–H groups in total. The van der Waals surface area contributed by atoms with Crippen molar-refractivity contribution in [1.82, 2.24) is 14.5 Å². The summed E-state index contributed by atoms with van der Waals surface area (Å²) in [7, 11) is 3.60. The number of hydrogen-bond acceptors (Lipinski definition) is 5. The van der Waals surface area contributed by atoms with Crippen LogP contribution in [0.1, 0.15) is 0 Å². The molecule has 0 amide bonds. The molecule has 0 aliphatic heterocycles. The number of anilines is 2. The zero-order chi connectivity index (χ0) is 16.0. The number of methoxy groups -OCH3 is 1. The summed E-state index contributed by atoms with van der Waals surface area (Å²) in [5.74, 6) is 0.719. The summed E-state index contributed by atoms with van der Waals surface area (Å²) in [4.78, 5) is 9.14. The minimum Gasteiger partial charge on any atom is -0.495 e. The average molecular weight is 345 g/mol. The molecule has 0 spiro atoms. The van der Waals surface area contributed by atoms with Gasteiger partial charge in [0.05, 0.1) is 29.3 Å². The summed E-state index contributed by atoms with van der Waals surface area (Å²) < 4.78 is 8.43. The van der Waals surface area contributed by atoms with E-state index in [-0.39, 0.29) is 0 Å². The number of ether oxygens (including phenoxy) is 1. The molecule has 0 fully saturated rings. The quantitative estimate of drug-likeness (QED) is 0.590. The number of aryl methyl sites for hydroxylation is 1. The van der Waals surface area contributed by atoms with Gasteiger partial charge in [-0.1, -0.05) is 22.9 Å². The van der Waals surface area contributed by atoms with Crippen molar-refractivity contribution in [3.8, 4) is 5.75 Å². The number of nitrogens with zero attached hydrogens (tertiary/aromatic N) is 3. The molecule has 7 heteroatoms. The third-order valence-electron chi connectivity index (χ3n) is 3.66. The molecular formula is C16H13ClN4OS. The average Bonchev–Trinajstić information content (AvgIpc) is 3.11. The van der Waals surface area contributed by atoms with Gasteiger partial charge in [0.25, 0.3) is 0 Å². The number of halogens is 1. The molecule has 23 heavy (non-hydrogen) atoms. The smallest absolute Gasteiger partial charge is 0.188 e. The molecular weight excluding hydrogens is 332 g/mol. The van der Waals surface area contributed by atoms with Crippen LogP contribution >= 0.6 is 22.9 Å². The first-order chi connectivity index (χ1) is 11.2. The zero-order valence-electron chi connectivity index (χ0n) is 12.5. The summed E-state index contributed by atoms with van der Waals surface area (Å²) in [5, 5.41) is 4.71. The molecule has 116 valence electrons. The normalized spacial score (nSPS) is 11.3. The van der Waals surface area contributed by atoms with E-state index < -0.39 is 0 Å². The van der Waals surface area contributed by atoms with Gasteiger partial charge in [0.15, 0.2) is 5.13 Å². The molecule has 0 saturated carbocycles. The third kappa shape index (κ3) is 2.40. The Kier molecular flexibility index (Phi) is 3.36. The van der Waals surface area contributed by atoms with Gasteiger partial charge in [0.2, 0.25) is 0 Å². The van der Waals surface area contributed by atoms with Crippen molar-refractivity contribution in [2.24, 2.45) is 7.05 Å². The van der Waals surface area contributed by atoms with E-state index in [4.69, 9.17) is 16.3 Å². The summed E-state index contributed by atoms with van der Waals surface area (Å²) in [6.45, 7) is 0. The van der Waals surface area contributed by atoms with Gasteiger partial charge in [-0.3, -0.25) is 0 Å². The van der Waals surface area contributed by atoms with Crippen LogP contribution in [0.25, 0.3) is 21.3 Å². The fourth-order valence-corrected chi connectivity index (χ4v) is 3.59. The first-order valence-corrected chi connectivity index (χ1v) is 8.16. The lowest BCUT2D eigenvalue weighted by Gasteiger charge is -2.08. The molecule has 5 nitrogen and oxygen atoms in total. The van der Waals surface area contributed by atoms with Gasteiger partial charge >= 0.3 is 0 Å². The van der Waals surface area contributed by atoms with E-state index in [1.165, 1.54) is 0 Å². The number of rotatable bonds is 3. The number of hydrogen-bond donors (Lipinski definition) is 1. The minimum absolute atomic E-state index is 0.640. The Morgan fingerprint density at radius 1 is 1.22 bits per heavy atom. The SMILES string of the molecule is COc1ccc(Cl)cc1Nc1nc2c(ccc3c2ncn3C)s1. The van der Waals surface area contributed by atoms with E-state index in [2.05, 4.69) is 27.4 Å². The number of imidazole rings is 1. The van der Waals surface area contributed by atoms with Crippen molar-refractivity contribution in [2.45, 2.75) is 0 Å². The lowest BCUT2D eigenvalue weighted by molar-refractivity contribution is 0.417. The molecule has 0 aliphatic carbocycles. The van der Waals surface area contributed by atoms with Crippen molar-refractivity contribution in [3.63, 3.8) is 0 Å². The fourth-order valence-electron chi connectivity index (χ4n) is 2.53. The van der Waals surface area contributed by atoms with Gasteiger partial charge in [-0.15, -0.1) is 0 Å². The predicted octanol–water partition coefficient (Wildman–Crippen LogP) is 4.59. The Hall–Kier alpha value is -2.31. The van der Waals surface area contributed by atoms with Gasteiger partial charge in [-0.05, 0) is 30.3 Å². The van der Waals surface area contributed by atoms with E-state index in [0.29, 0.717) is 5.02 Å². The molecule has 0 atom stereocenters. The largest absolute Gasteiger partial charge is 0.495 e. The van der Waals surface area contributed by atoms with Crippen molar-refractivity contribution in [2.75, 3.05) is 12.4 Å². The van der Waals surface area contributed by atoms with E-state index >= 15 is 0 Å². The lowest BCUT2D eigenvalue weighted by Crippen LogP contribution is -1.94. The van der Waals surface area contributed by atoms with Crippen LogP contribution in [-0.2, 0) is 7.05 Å². The Morgan fingerprint density at radius 2 is 2.09 bits per heavy atom. The second-order valence-corrected chi connectivity index (χ2v) is 6.59. The van der Waals surface area contributed by atoms with Gasteiger partial charge in [-0.2, -0.15) is 0 Å². The molecule has 2 aromatic carbocycles. The molecule has 0 bridgehead atoms. The van der Waals surface area contributed by atoms with Gasteiger partial charge in [0, 0.05) is 12.1 Å². The fraction of sp³-hybridized carbons (Fsp3) is 0.125. The maximum absolute atomic E-state index is 6.07. The molecule has 2 heterocycles. The number of aromatic nitrogens is 3. The van der Waals surface area contributed by atoms with Gasteiger partial charge in [-0.25, -0.2) is 9.97 Å². The standard InChI is InChI=1S/C16H13ClN4OS/c1-21-8-18-14-11(21)4-6-13-15(14)20-16(23-13)19-10-7-9(17)3-5-12(10)22-2/h3-8H,1-2H3,(H,19,20). The second-order valence-electron chi connectivity index (χ2n) is 5.12. The summed E-state index contributed by atoms with van der Waals surface area (Å²) in [6.07, 6.45) is 1.80. The first kappa shape index (κ1) is 14.3. The number of nitrogens with one attached hydrogen (secondary N) is 1. The monoisotopic (exact) mass is 344 g/mol. The van der Waals surface area contributed by atoms with Crippen molar-refractivity contribution in [3.05, 3.63) is 41.7 Å². The minimum atomic E-state index is 0.640. The van der Waals surface area contributed by atoms with Crippen LogP contribution in [-0.4, -0.2) is 21.6 Å². The van der Waals surface area contributed by atoms with Crippen LogP contribution in [0.4, 0.5) is 10.8 Å². The number of fused-ring (bicyclic) bond motifs is 3. The topological polar surface area (TPSA) is 52.0 Å². The number of thiazole rings is 1. The van der Waals surface area contributed by atoms with Crippen LogP contribution in [0, 0.1) is 0 Å². The van der Waals surface area contributed by atoms with Crippen LogP contribution in [0.2, 0.25) is 5.02 Å². The van der Waals surface area contributed by atoms with E-state index in [9.17, 15) is 0 Å². The van der Waals surface area contributed by atoms with E-state index in [1.54, 1.807) is 30.8 Å². The van der Waals surface area contributed by atoms with Crippen molar-refractivity contribution in [1.29, 1.82) is 0 Å². The molecule has 4 rings (SSSR count). The highest BCUT2D eigenvalue weighted by Gasteiger charge is 2.12. The van der Waals surface area contributed by atoms with Gasteiger partial charge < -0.3 is 14.6 Å². The van der Waals surface area contributed by atoms with E-state index in [0.717, 1.165) is 37.8 Å². The highest BCUT2D eigenvalue weighted by atomic mass is 35.5. The first-order valence-electron chi connectivity index (χ1n) is 6.97. The molecule has 2 aromatic heterocycles. The third-order valence-corrected chi connectivity index (χ3v) is 4.83. The summed E-state index contributed by atoms with van der Waals surface area (Å²) in [6, 6.07) is 9.57. The maximum Gasteiger partial charge on any atom is 0.188 e. The number of benzene rings is 2. The maximum atomic E-state index is 6.07. The van der Waals surface area contributed by atoms with E-state index in [1.807, 2.05) is 23.7 Å². The van der Waals surface area contributed by atoms with Gasteiger partial charge in [0.1, 0.15) is 16.8 Å². The Balaban J connectivity index is 1.81. The highest BCUT2D eigenvalue weighted by molar-refractivity contribution is 7.22. The molecule has 0 saturated heterocycles. The molecule has 0 unspecified atom stereocenters. The van der Waals surface area contributed by atoms with Crippen LogP contribution in [0.5, 0.6) is 5.75 Å². The predicted molar refractivity (Wildman–Crippen MR) is 95.2 cm³/mol. The molecule has 4 aromatic rings. The Bertz CT molecular complexity index is 1020. The van der Waals surface area contributed by atoms with Crippen LogP contribution in [0.15, 0.2) is 36.7 Å². The second kappa shape index (κ2) is 5.40.